The summed E-state index contributed by atoms with van der Waals surface area (Å²) in [6, 6.07) is 1.60. The highest BCUT2D eigenvalue weighted by Gasteiger charge is 2.07. The van der Waals surface area contributed by atoms with Crippen molar-refractivity contribution in [3.63, 3.8) is 0 Å². The molecule has 0 saturated carbocycles. The van der Waals surface area contributed by atoms with Crippen LogP contribution in [0.2, 0.25) is 0 Å². The lowest BCUT2D eigenvalue weighted by Crippen LogP contribution is -2.15. The Balaban J connectivity index is 3.20. The largest absolute Gasteiger partial charge is 0.397 e. The van der Waals surface area contributed by atoms with E-state index in [9.17, 15) is 4.79 Å². The second kappa shape index (κ2) is 3.08. The number of nitrogen functional groups attached to an aromatic ring is 1. The first-order chi connectivity index (χ1) is 5.65. The van der Waals surface area contributed by atoms with Crippen molar-refractivity contribution in [2.45, 2.75) is 0 Å². The number of nitrogens with zero attached hydrogens (tertiary/aromatic N) is 1. The number of carbonyl (C=O) groups is 1. The molecule has 0 atom stereocenters. The van der Waals surface area contributed by atoms with Gasteiger partial charge in [0.15, 0.2) is 5.69 Å². The van der Waals surface area contributed by atoms with Crippen LogP contribution in [0.3, 0.4) is 0 Å². The molecule has 0 aliphatic carbocycles. The average Bonchev–Trinajstić information content (AvgIpc) is 2.03. The Labute approximate surface area is 69.8 Å². The first-order valence-corrected chi connectivity index (χ1v) is 3.38. The second-order valence-corrected chi connectivity index (χ2v) is 2.28. The second-order valence-electron chi connectivity index (χ2n) is 2.28. The lowest BCUT2D eigenvalue weighted by Gasteiger charge is -2.04. The lowest BCUT2D eigenvalue weighted by atomic mass is 10.2. The number of aromatic nitrogens is 1. The van der Waals surface area contributed by atoms with E-state index in [1.165, 1.54) is 6.20 Å². The predicted octanol–water partition coefficient (Wildman–Crippen LogP) is -0.196. The number of amides is 1. The van der Waals surface area contributed by atoms with E-state index in [-0.39, 0.29) is 5.69 Å². The van der Waals surface area contributed by atoms with Crippen molar-refractivity contribution in [1.82, 2.24) is 4.98 Å². The van der Waals surface area contributed by atoms with Crippen LogP contribution >= 0.6 is 0 Å². The molecule has 0 bridgehead atoms. The van der Waals surface area contributed by atoms with Crippen LogP contribution in [-0.4, -0.2) is 17.9 Å². The molecule has 0 fully saturated rings. The number of carbonyl (C=O) groups excluding carboxylic acids is 1. The SMILES string of the molecule is CNc1cc(N)cnc1C(N)=O. The Hall–Kier alpha value is -1.78. The van der Waals surface area contributed by atoms with E-state index in [2.05, 4.69) is 10.3 Å². The Kier molecular flexibility index (Phi) is 2.14. The average molecular weight is 166 g/mol. The van der Waals surface area contributed by atoms with Gasteiger partial charge in [-0.3, -0.25) is 4.79 Å². The topological polar surface area (TPSA) is 94.0 Å². The van der Waals surface area contributed by atoms with E-state index >= 15 is 0 Å². The van der Waals surface area contributed by atoms with Gasteiger partial charge in [0, 0.05) is 7.05 Å². The van der Waals surface area contributed by atoms with Crippen LogP contribution < -0.4 is 16.8 Å². The van der Waals surface area contributed by atoms with Gasteiger partial charge in [-0.2, -0.15) is 0 Å². The van der Waals surface area contributed by atoms with Crippen molar-refractivity contribution < 1.29 is 4.79 Å². The molecule has 0 spiro atoms. The molecule has 0 radical (unpaired) electrons. The fourth-order valence-electron chi connectivity index (χ4n) is 0.868. The maximum absolute atomic E-state index is 10.8. The Morgan fingerprint density at radius 3 is 2.83 bits per heavy atom. The molecule has 64 valence electrons. The van der Waals surface area contributed by atoms with Crippen molar-refractivity contribution in [1.29, 1.82) is 0 Å². The third kappa shape index (κ3) is 1.45. The summed E-state index contributed by atoms with van der Waals surface area (Å²) in [5, 5.41) is 2.77. The van der Waals surface area contributed by atoms with Gasteiger partial charge in [-0.15, -0.1) is 0 Å². The normalized spacial score (nSPS) is 9.42. The van der Waals surface area contributed by atoms with Crippen LogP contribution in [0.15, 0.2) is 12.3 Å². The molecule has 12 heavy (non-hydrogen) atoms. The quantitative estimate of drug-likeness (QED) is 0.567. The molecule has 0 aliphatic rings. The molecule has 1 heterocycles. The van der Waals surface area contributed by atoms with Crippen molar-refractivity contribution in [2.24, 2.45) is 5.73 Å². The molecule has 1 aromatic rings. The van der Waals surface area contributed by atoms with E-state index in [0.717, 1.165) is 0 Å². The molecule has 1 rings (SSSR count). The first kappa shape index (κ1) is 8.32. The third-order valence-electron chi connectivity index (χ3n) is 1.41. The number of nitrogens with two attached hydrogens (primary N) is 2. The van der Waals surface area contributed by atoms with Gasteiger partial charge in [0.25, 0.3) is 5.91 Å². The van der Waals surface area contributed by atoms with Crippen molar-refractivity contribution in [3.8, 4) is 0 Å². The molecule has 1 amide bonds. The summed E-state index contributed by atoms with van der Waals surface area (Å²) in [6.45, 7) is 0. The van der Waals surface area contributed by atoms with Crippen LogP contribution in [0.1, 0.15) is 10.5 Å². The molecule has 0 aliphatic heterocycles. The smallest absolute Gasteiger partial charge is 0.269 e. The van der Waals surface area contributed by atoms with E-state index in [1.807, 2.05) is 0 Å². The highest BCUT2D eigenvalue weighted by Crippen LogP contribution is 2.14. The third-order valence-corrected chi connectivity index (χ3v) is 1.41. The molecular formula is C7H10N4O. The van der Waals surface area contributed by atoms with Crippen LogP contribution in [-0.2, 0) is 0 Å². The maximum Gasteiger partial charge on any atom is 0.269 e. The molecular weight excluding hydrogens is 156 g/mol. The zero-order valence-corrected chi connectivity index (χ0v) is 6.66. The molecule has 0 aromatic carbocycles. The number of pyridine rings is 1. The lowest BCUT2D eigenvalue weighted by molar-refractivity contribution is 0.0996. The predicted molar refractivity (Wildman–Crippen MR) is 46.7 cm³/mol. The standard InChI is InChI=1S/C7H10N4O/c1-10-5-2-4(8)3-11-6(5)7(9)12/h2-3,10H,8H2,1H3,(H2,9,12). The minimum Gasteiger partial charge on any atom is -0.397 e. The van der Waals surface area contributed by atoms with Gasteiger partial charge in [0.05, 0.1) is 17.6 Å². The summed E-state index contributed by atoms with van der Waals surface area (Å²) < 4.78 is 0. The number of nitrogens with one attached hydrogen (secondary N) is 1. The van der Waals surface area contributed by atoms with Gasteiger partial charge in [-0.25, -0.2) is 4.98 Å². The Bertz CT molecular complexity index is 310. The zero-order chi connectivity index (χ0) is 9.14. The first-order valence-electron chi connectivity index (χ1n) is 3.38. The minimum atomic E-state index is -0.570. The number of hydrogen-bond acceptors (Lipinski definition) is 4. The van der Waals surface area contributed by atoms with E-state index < -0.39 is 5.91 Å². The van der Waals surface area contributed by atoms with Crippen LogP contribution in [0.4, 0.5) is 11.4 Å². The fourth-order valence-corrected chi connectivity index (χ4v) is 0.868. The zero-order valence-electron chi connectivity index (χ0n) is 6.66. The van der Waals surface area contributed by atoms with Crippen molar-refractivity contribution >= 4 is 17.3 Å². The van der Waals surface area contributed by atoms with Gasteiger partial charge in [0.1, 0.15) is 0 Å². The highest BCUT2D eigenvalue weighted by atomic mass is 16.1. The Morgan fingerprint density at radius 1 is 1.67 bits per heavy atom. The fraction of sp³-hybridized carbons (Fsp3) is 0.143. The summed E-state index contributed by atoms with van der Waals surface area (Å²) in [6.07, 6.45) is 1.39. The Morgan fingerprint density at radius 2 is 2.33 bits per heavy atom. The molecule has 5 nitrogen and oxygen atoms in total. The molecule has 1 aromatic heterocycles. The van der Waals surface area contributed by atoms with Gasteiger partial charge >= 0.3 is 0 Å². The summed E-state index contributed by atoms with van der Waals surface area (Å²) in [5.41, 5.74) is 11.7. The van der Waals surface area contributed by atoms with Gasteiger partial charge in [-0.05, 0) is 6.07 Å². The monoisotopic (exact) mass is 166 g/mol. The summed E-state index contributed by atoms with van der Waals surface area (Å²) in [5.74, 6) is -0.570. The van der Waals surface area contributed by atoms with Gasteiger partial charge in [0.2, 0.25) is 0 Å². The highest BCUT2D eigenvalue weighted by molar-refractivity contribution is 5.96. The number of anilines is 2. The number of hydrogen-bond donors (Lipinski definition) is 3. The van der Waals surface area contributed by atoms with Crippen LogP contribution in [0.5, 0.6) is 0 Å². The summed E-state index contributed by atoms with van der Waals surface area (Å²) in [4.78, 5) is 14.6. The van der Waals surface area contributed by atoms with Crippen molar-refractivity contribution in [3.05, 3.63) is 18.0 Å². The maximum atomic E-state index is 10.8. The minimum absolute atomic E-state index is 0.201. The van der Waals surface area contributed by atoms with Crippen LogP contribution in [0, 0.1) is 0 Å². The molecule has 0 unspecified atom stereocenters. The van der Waals surface area contributed by atoms with Gasteiger partial charge in [-0.1, -0.05) is 0 Å². The van der Waals surface area contributed by atoms with Crippen LogP contribution in [0.25, 0.3) is 0 Å². The molecule has 5 heteroatoms. The number of rotatable bonds is 2. The molecule has 0 saturated heterocycles. The number of primary amides is 1. The van der Waals surface area contributed by atoms with Crippen molar-refractivity contribution in [2.75, 3.05) is 18.1 Å². The van der Waals surface area contributed by atoms with E-state index in [0.29, 0.717) is 11.4 Å². The van der Waals surface area contributed by atoms with E-state index in [4.69, 9.17) is 11.5 Å². The van der Waals surface area contributed by atoms with Gasteiger partial charge < -0.3 is 16.8 Å². The summed E-state index contributed by atoms with van der Waals surface area (Å²) >= 11 is 0. The van der Waals surface area contributed by atoms with E-state index in [1.54, 1.807) is 13.1 Å². The summed E-state index contributed by atoms with van der Waals surface area (Å²) in [7, 11) is 1.67. The molecule has 5 N–H and O–H groups in total.